The summed E-state index contributed by atoms with van der Waals surface area (Å²) in [6.07, 6.45) is 2.05. The van der Waals surface area contributed by atoms with Gasteiger partial charge in [0, 0.05) is 16.1 Å². The minimum absolute atomic E-state index is 0.119. The Morgan fingerprint density at radius 1 is 0.920 bits per heavy atom. The van der Waals surface area contributed by atoms with Crippen LogP contribution < -0.4 is 10.1 Å². The Morgan fingerprint density at radius 2 is 1.60 bits per heavy atom. The van der Waals surface area contributed by atoms with Gasteiger partial charge in [0.25, 0.3) is 5.91 Å². The van der Waals surface area contributed by atoms with Crippen LogP contribution in [0.3, 0.4) is 0 Å². The van der Waals surface area contributed by atoms with Crippen LogP contribution in [0.15, 0.2) is 83.8 Å². The number of benzene rings is 3. The topological polar surface area (TPSA) is 38.3 Å². The first-order valence-corrected chi connectivity index (χ1v) is 9.19. The maximum absolute atomic E-state index is 12.2. The smallest absolute Gasteiger partial charge is 0.255 e. The predicted molar refractivity (Wildman–Crippen MR) is 103 cm³/mol. The van der Waals surface area contributed by atoms with Gasteiger partial charge in [0.15, 0.2) is 0 Å². The van der Waals surface area contributed by atoms with E-state index in [0.29, 0.717) is 12.2 Å². The number of rotatable bonds is 6. The van der Waals surface area contributed by atoms with E-state index in [2.05, 4.69) is 5.32 Å². The van der Waals surface area contributed by atoms with Gasteiger partial charge in [-0.2, -0.15) is 0 Å². The van der Waals surface area contributed by atoms with Crippen molar-refractivity contribution in [3.63, 3.8) is 0 Å². The van der Waals surface area contributed by atoms with Crippen molar-refractivity contribution >= 4 is 23.4 Å². The summed E-state index contributed by atoms with van der Waals surface area (Å²) in [5.74, 6) is 0.718. The van der Waals surface area contributed by atoms with Gasteiger partial charge in [-0.15, -0.1) is 11.8 Å². The molecule has 1 N–H and O–H groups in total. The van der Waals surface area contributed by atoms with Crippen molar-refractivity contribution < 1.29 is 9.53 Å². The van der Waals surface area contributed by atoms with Gasteiger partial charge in [-0.1, -0.05) is 30.3 Å². The number of nitrogens with one attached hydrogen (secondary N) is 1. The lowest BCUT2D eigenvalue weighted by Crippen LogP contribution is -2.11. The minimum atomic E-state index is -0.119. The lowest BCUT2D eigenvalue weighted by atomic mass is 10.1. The summed E-state index contributed by atoms with van der Waals surface area (Å²) in [5, 5.41) is 2.87. The van der Waals surface area contributed by atoms with Gasteiger partial charge in [-0.25, -0.2) is 0 Å². The van der Waals surface area contributed by atoms with Crippen molar-refractivity contribution in [2.75, 3.05) is 11.6 Å². The molecule has 0 aromatic heterocycles. The monoisotopic (exact) mass is 349 g/mol. The first-order valence-electron chi connectivity index (χ1n) is 7.97. The van der Waals surface area contributed by atoms with E-state index in [4.69, 9.17) is 4.74 Å². The molecule has 0 radical (unpaired) electrons. The number of carbonyl (C=O) groups excluding carboxylic acids is 1. The van der Waals surface area contributed by atoms with Crippen molar-refractivity contribution in [2.24, 2.45) is 0 Å². The standard InChI is InChI=1S/C21H19NO2S/c1-25-20-13-11-19(12-14-20)24-15-16-7-9-17(10-8-16)21(23)22-18-5-3-2-4-6-18/h2-14H,15H2,1H3,(H,22,23). The number of amides is 1. The third kappa shape index (κ3) is 4.88. The summed E-state index contributed by atoms with van der Waals surface area (Å²) in [6, 6.07) is 24.9. The molecule has 0 heterocycles. The Labute approximate surface area is 152 Å². The highest BCUT2D eigenvalue weighted by Gasteiger charge is 2.06. The summed E-state index contributed by atoms with van der Waals surface area (Å²) in [7, 11) is 0. The Kier molecular flexibility index (Phi) is 5.75. The first kappa shape index (κ1) is 17.1. The number of carbonyl (C=O) groups is 1. The van der Waals surface area contributed by atoms with Crippen LogP contribution in [-0.4, -0.2) is 12.2 Å². The van der Waals surface area contributed by atoms with E-state index in [0.717, 1.165) is 17.0 Å². The third-order valence-corrected chi connectivity index (χ3v) is 4.46. The molecule has 3 aromatic carbocycles. The molecule has 126 valence electrons. The Hall–Kier alpha value is -2.72. The minimum Gasteiger partial charge on any atom is -0.489 e. The second-order valence-electron chi connectivity index (χ2n) is 5.48. The summed E-state index contributed by atoms with van der Waals surface area (Å²) in [5.41, 5.74) is 2.43. The van der Waals surface area contributed by atoms with E-state index in [1.807, 2.05) is 85.1 Å². The molecule has 1 amide bonds. The normalized spacial score (nSPS) is 10.3. The van der Waals surface area contributed by atoms with Crippen molar-refractivity contribution in [1.82, 2.24) is 0 Å². The summed E-state index contributed by atoms with van der Waals surface area (Å²) < 4.78 is 5.78. The molecule has 0 unspecified atom stereocenters. The molecule has 4 heteroatoms. The number of thioether (sulfide) groups is 1. The molecule has 3 aromatic rings. The van der Waals surface area contributed by atoms with Gasteiger partial charge >= 0.3 is 0 Å². The molecule has 0 fully saturated rings. The molecule has 3 rings (SSSR count). The van der Waals surface area contributed by atoms with Crippen LogP contribution >= 0.6 is 11.8 Å². The zero-order valence-electron chi connectivity index (χ0n) is 13.9. The van der Waals surface area contributed by atoms with E-state index >= 15 is 0 Å². The number of ether oxygens (including phenoxy) is 1. The molecule has 25 heavy (non-hydrogen) atoms. The maximum Gasteiger partial charge on any atom is 0.255 e. The molecule has 0 saturated heterocycles. The highest BCUT2D eigenvalue weighted by molar-refractivity contribution is 7.98. The maximum atomic E-state index is 12.2. The zero-order valence-corrected chi connectivity index (χ0v) is 14.8. The van der Waals surface area contributed by atoms with Crippen LogP contribution in [0.2, 0.25) is 0 Å². The largest absolute Gasteiger partial charge is 0.489 e. The SMILES string of the molecule is CSc1ccc(OCc2ccc(C(=O)Nc3ccccc3)cc2)cc1. The van der Waals surface area contributed by atoms with Crippen LogP contribution in [0.5, 0.6) is 5.75 Å². The summed E-state index contributed by atoms with van der Waals surface area (Å²) >= 11 is 1.70. The van der Waals surface area contributed by atoms with E-state index in [-0.39, 0.29) is 5.91 Å². The Bertz CT molecular complexity index is 815. The second kappa shape index (κ2) is 8.40. The number of hydrogen-bond acceptors (Lipinski definition) is 3. The van der Waals surface area contributed by atoms with Crippen LogP contribution in [-0.2, 0) is 6.61 Å². The van der Waals surface area contributed by atoms with Crippen LogP contribution in [0.25, 0.3) is 0 Å². The molecule has 0 saturated carbocycles. The van der Waals surface area contributed by atoms with Crippen LogP contribution in [0.1, 0.15) is 15.9 Å². The fourth-order valence-electron chi connectivity index (χ4n) is 2.32. The van der Waals surface area contributed by atoms with E-state index in [9.17, 15) is 4.79 Å². The average molecular weight is 349 g/mol. The predicted octanol–water partition coefficient (Wildman–Crippen LogP) is 5.24. The molecule has 0 aliphatic heterocycles. The van der Waals surface area contributed by atoms with Crippen LogP contribution in [0.4, 0.5) is 5.69 Å². The van der Waals surface area contributed by atoms with Crippen molar-refractivity contribution in [3.05, 3.63) is 90.0 Å². The van der Waals surface area contributed by atoms with Gasteiger partial charge < -0.3 is 10.1 Å². The van der Waals surface area contributed by atoms with Crippen molar-refractivity contribution in [3.8, 4) is 5.75 Å². The van der Waals surface area contributed by atoms with Crippen LogP contribution in [0, 0.1) is 0 Å². The lowest BCUT2D eigenvalue weighted by molar-refractivity contribution is 0.102. The fraction of sp³-hybridized carbons (Fsp3) is 0.0952. The van der Waals surface area contributed by atoms with E-state index in [1.54, 1.807) is 11.8 Å². The van der Waals surface area contributed by atoms with E-state index < -0.39 is 0 Å². The van der Waals surface area contributed by atoms with Gasteiger partial charge in [-0.3, -0.25) is 4.79 Å². The quantitative estimate of drug-likeness (QED) is 0.619. The van der Waals surface area contributed by atoms with Gasteiger partial charge in [-0.05, 0) is 60.4 Å². The summed E-state index contributed by atoms with van der Waals surface area (Å²) in [6.45, 7) is 0.471. The Balaban J connectivity index is 1.57. The van der Waals surface area contributed by atoms with Gasteiger partial charge in [0.1, 0.15) is 12.4 Å². The highest BCUT2D eigenvalue weighted by atomic mass is 32.2. The molecule has 0 aliphatic rings. The molecule has 0 aliphatic carbocycles. The lowest BCUT2D eigenvalue weighted by Gasteiger charge is -2.08. The molecular weight excluding hydrogens is 330 g/mol. The molecular formula is C21H19NO2S. The Morgan fingerprint density at radius 3 is 2.24 bits per heavy atom. The molecule has 0 bridgehead atoms. The van der Waals surface area contributed by atoms with Crippen molar-refractivity contribution in [2.45, 2.75) is 11.5 Å². The van der Waals surface area contributed by atoms with Gasteiger partial charge in [0.2, 0.25) is 0 Å². The third-order valence-electron chi connectivity index (χ3n) is 3.71. The molecule has 0 atom stereocenters. The first-order chi connectivity index (χ1) is 12.2. The number of para-hydroxylation sites is 1. The fourth-order valence-corrected chi connectivity index (χ4v) is 2.72. The van der Waals surface area contributed by atoms with E-state index in [1.165, 1.54) is 4.90 Å². The average Bonchev–Trinajstić information content (AvgIpc) is 2.68. The number of anilines is 1. The summed E-state index contributed by atoms with van der Waals surface area (Å²) in [4.78, 5) is 13.4. The number of hydrogen-bond donors (Lipinski definition) is 1. The zero-order chi connectivity index (χ0) is 17.5. The second-order valence-corrected chi connectivity index (χ2v) is 6.36. The van der Waals surface area contributed by atoms with Crippen molar-refractivity contribution in [1.29, 1.82) is 0 Å². The molecule has 0 spiro atoms. The van der Waals surface area contributed by atoms with Gasteiger partial charge in [0.05, 0.1) is 0 Å². The molecule has 3 nitrogen and oxygen atoms in total. The highest BCUT2D eigenvalue weighted by Crippen LogP contribution is 2.20.